The van der Waals surface area contributed by atoms with Crippen LogP contribution in [0.4, 0.5) is 0 Å². The quantitative estimate of drug-likeness (QED) is 0.722. The van der Waals surface area contributed by atoms with Crippen molar-refractivity contribution < 1.29 is 0 Å². The maximum atomic E-state index is 3.75. The molecule has 0 amide bonds. The van der Waals surface area contributed by atoms with Crippen molar-refractivity contribution in [3.63, 3.8) is 0 Å². The van der Waals surface area contributed by atoms with Crippen molar-refractivity contribution in [1.29, 1.82) is 0 Å². The zero-order valence-electron chi connectivity index (χ0n) is 10.9. The van der Waals surface area contributed by atoms with Gasteiger partial charge in [0, 0.05) is 25.2 Å². The molecule has 0 aliphatic heterocycles. The normalized spacial score (nSPS) is 24.4. The Balaban J connectivity index is 1.55. The van der Waals surface area contributed by atoms with E-state index in [0.29, 0.717) is 0 Å². The number of hydrogen-bond acceptors (Lipinski definition) is 2. The molecule has 0 unspecified atom stereocenters. The molecule has 2 rings (SSSR count). The van der Waals surface area contributed by atoms with E-state index in [0.717, 1.165) is 12.1 Å². The lowest BCUT2D eigenvalue weighted by Crippen LogP contribution is -2.42. The predicted molar refractivity (Wildman–Crippen MR) is 69.8 cm³/mol. The smallest absolute Gasteiger partial charge is 0.0107 e. The maximum absolute atomic E-state index is 3.75. The zero-order chi connectivity index (χ0) is 11.2. The van der Waals surface area contributed by atoms with Crippen LogP contribution in [0, 0.1) is 0 Å². The minimum atomic E-state index is 0.817. The molecule has 0 aromatic carbocycles. The van der Waals surface area contributed by atoms with Crippen LogP contribution < -0.4 is 5.32 Å². The lowest BCUT2D eigenvalue weighted by Gasteiger charge is -2.35. The molecule has 0 heterocycles. The summed E-state index contributed by atoms with van der Waals surface area (Å²) in [5.41, 5.74) is 0. The lowest BCUT2D eigenvalue weighted by molar-refractivity contribution is 0.158. The van der Waals surface area contributed by atoms with E-state index >= 15 is 0 Å². The molecule has 2 nitrogen and oxygen atoms in total. The van der Waals surface area contributed by atoms with E-state index in [1.807, 2.05) is 0 Å². The van der Waals surface area contributed by atoms with Crippen LogP contribution in [-0.4, -0.2) is 37.1 Å². The molecule has 0 radical (unpaired) electrons. The van der Waals surface area contributed by atoms with E-state index in [4.69, 9.17) is 0 Å². The molecule has 0 aromatic rings. The largest absolute Gasteiger partial charge is 0.313 e. The van der Waals surface area contributed by atoms with Gasteiger partial charge in [-0.1, -0.05) is 32.1 Å². The fraction of sp³-hybridized carbons (Fsp3) is 1.00. The fourth-order valence-corrected chi connectivity index (χ4v) is 2.94. The van der Waals surface area contributed by atoms with Crippen molar-refractivity contribution in [3.05, 3.63) is 0 Å². The van der Waals surface area contributed by atoms with Crippen LogP contribution in [0.3, 0.4) is 0 Å². The second-order valence-corrected chi connectivity index (χ2v) is 5.71. The Morgan fingerprint density at radius 1 is 0.938 bits per heavy atom. The molecule has 2 aliphatic carbocycles. The molecule has 2 aliphatic rings. The Morgan fingerprint density at radius 3 is 2.19 bits per heavy atom. The van der Waals surface area contributed by atoms with Crippen LogP contribution >= 0.6 is 0 Å². The molecule has 2 fully saturated rings. The van der Waals surface area contributed by atoms with Crippen LogP contribution in [0.25, 0.3) is 0 Å². The summed E-state index contributed by atoms with van der Waals surface area (Å²) in [7, 11) is 2.29. The highest BCUT2D eigenvalue weighted by Gasteiger charge is 2.21. The summed E-state index contributed by atoms with van der Waals surface area (Å²) in [6.07, 6.45) is 12.9. The van der Waals surface area contributed by atoms with Gasteiger partial charge in [0.2, 0.25) is 0 Å². The van der Waals surface area contributed by atoms with Gasteiger partial charge in [-0.25, -0.2) is 0 Å². The minimum absolute atomic E-state index is 0.817. The number of hydrogen-bond donors (Lipinski definition) is 1. The lowest BCUT2D eigenvalue weighted by atomic mass is 9.92. The summed E-state index contributed by atoms with van der Waals surface area (Å²) < 4.78 is 0. The highest BCUT2D eigenvalue weighted by Crippen LogP contribution is 2.23. The summed E-state index contributed by atoms with van der Waals surface area (Å²) >= 11 is 0. The highest BCUT2D eigenvalue weighted by atomic mass is 15.1. The highest BCUT2D eigenvalue weighted by molar-refractivity contribution is 4.78. The Kier molecular flexibility index (Phi) is 5.11. The molecular formula is C14H28N2. The molecule has 0 bridgehead atoms. The third-order valence-corrected chi connectivity index (χ3v) is 4.45. The monoisotopic (exact) mass is 224 g/mol. The van der Waals surface area contributed by atoms with Crippen LogP contribution in [0.2, 0.25) is 0 Å². The van der Waals surface area contributed by atoms with Crippen molar-refractivity contribution >= 4 is 0 Å². The molecule has 16 heavy (non-hydrogen) atoms. The Bertz CT molecular complexity index is 181. The Labute approximate surface area is 101 Å². The summed E-state index contributed by atoms with van der Waals surface area (Å²) in [5.74, 6) is 0. The topological polar surface area (TPSA) is 15.3 Å². The van der Waals surface area contributed by atoms with Crippen LogP contribution in [0.5, 0.6) is 0 Å². The van der Waals surface area contributed by atoms with Crippen molar-refractivity contribution in [2.45, 2.75) is 69.9 Å². The van der Waals surface area contributed by atoms with Crippen molar-refractivity contribution in [1.82, 2.24) is 10.2 Å². The molecule has 94 valence electrons. The van der Waals surface area contributed by atoms with Gasteiger partial charge in [-0.3, -0.25) is 0 Å². The van der Waals surface area contributed by atoms with Crippen LogP contribution in [0.1, 0.15) is 57.8 Å². The van der Waals surface area contributed by atoms with E-state index in [-0.39, 0.29) is 0 Å². The first-order chi connectivity index (χ1) is 7.86. The van der Waals surface area contributed by atoms with Gasteiger partial charge in [-0.15, -0.1) is 0 Å². The maximum Gasteiger partial charge on any atom is 0.0107 e. The van der Waals surface area contributed by atoms with E-state index in [1.54, 1.807) is 0 Å². The molecule has 0 saturated heterocycles. The third kappa shape index (κ3) is 3.74. The molecular weight excluding hydrogens is 196 g/mol. The standard InChI is InChI=1S/C14H28N2/c1-16(14-9-6-10-14)12-11-15-13-7-4-2-3-5-8-13/h13-15H,2-12H2,1H3. The molecule has 2 saturated carbocycles. The minimum Gasteiger partial charge on any atom is -0.313 e. The first-order valence-corrected chi connectivity index (χ1v) is 7.30. The molecule has 0 aromatic heterocycles. The predicted octanol–water partition coefficient (Wildman–Crippen LogP) is 2.78. The summed E-state index contributed by atoms with van der Waals surface area (Å²) in [6, 6.07) is 1.72. The van der Waals surface area contributed by atoms with Gasteiger partial charge in [0.1, 0.15) is 0 Å². The first-order valence-electron chi connectivity index (χ1n) is 7.30. The van der Waals surface area contributed by atoms with E-state index in [9.17, 15) is 0 Å². The molecule has 2 heteroatoms. The number of nitrogens with one attached hydrogen (secondary N) is 1. The van der Waals surface area contributed by atoms with Gasteiger partial charge in [0.15, 0.2) is 0 Å². The molecule has 1 N–H and O–H groups in total. The summed E-state index contributed by atoms with van der Waals surface area (Å²) in [4.78, 5) is 2.55. The van der Waals surface area contributed by atoms with Crippen molar-refractivity contribution in [3.8, 4) is 0 Å². The molecule has 0 spiro atoms. The fourth-order valence-electron chi connectivity index (χ4n) is 2.94. The van der Waals surface area contributed by atoms with E-state index in [1.165, 1.54) is 70.9 Å². The van der Waals surface area contributed by atoms with Gasteiger partial charge in [0.25, 0.3) is 0 Å². The second kappa shape index (κ2) is 6.61. The summed E-state index contributed by atoms with van der Waals surface area (Å²) in [6.45, 7) is 2.43. The third-order valence-electron chi connectivity index (χ3n) is 4.45. The van der Waals surface area contributed by atoms with Gasteiger partial charge < -0.3 is 10.2 Å². The number of rotatable bonds is 5. The average Bonchev–Trinajstić information content (AvgIpc) is 2.43. The van der Waals surface area contributed by atoms with E-state index < -0.39 is 0 Å². The van der Waals surface area contributed by atoms with Gasteiger partial charge >= 0.3 is 0 Å². The zero-order valence-corrected chi connectivity index (χ0v) is 10.9. The van der Waals surface area contributed by atoms with Crippen LogP contribution in [0.15, 0.2) is 0 Å². The van der Waals surface area contributed by atoms with E-state index in [2.05, 4.69) is 17.3 Å². The Morgan fingerprint density at radius 2 is 1.62 bits per heavy atom. The second-order valence-electron chi connectivity index (χ2n) is 5.71. The van der Waals surface area contributed by atoms with Crippen molar-refractivity contribution in [2.24, 2.45) is 0 Å². The van der Waals surface area contributed by atoms with Gasteiger partial charge in [-0.2, -0.15) is 0 Å². The number of nitrogens with zero attached hydrogens (tertiary/aromatic N) is 1. The van der Waals surface area contributed by atoms with Gasteiger partial charge in [-0.05, 0) is 32.7 Å². The van der Waals surface area contributed by atoms with Crippen molar-refractivity contribution in [2.75, 3.05) is 20.1 Å². The SMILES string of the molecule is CN(CCNC1CCCCCC1)C1CCC1. The Hall–Kier alpha value is -0.0800. The van der Waals surface area contributed by atoms with Gasteiger partial charge in [0.05, 0.1) is 0 Å². The number of likely N-dealkylation sites (N-methyl/N-ethyl adjacent to an activating group) is 1. The first kappa shape index (κ1) is 12.4. The van der Waals surface area contributed by atoms with Crippen LogP contribution in [-0.2, 0) is 0 Å². The molecule has 0 atom stereocenters. The summed E-state index contributed by atoms with van der Waals surface area (Å²) in [5, 5.41) is 3.75. The average molecular weight is 224 g/mol.